The molecule has 0 spiro atoms. The van der Waals surface area contributed by atoms with Crippen molar-refractivity contribution in [1.82, 2.24) is 5.32 Å². The molecule has 0 saturated carbocycles. The molecule has 1 saturated heterocycles. The zero-order valence-electron chi connectivity index (χ0n) is 9.31. The van der Waals surface area contributed by atoms with Gasteiger partial charge in [-0.2, -0.15) is 0 Å². The number of rotatable bonds is 2. The maximum absolute atomic E-state index is 11.7. The Morgan fingerprint density at radius 1 is 1.19 bits per heavy atom. The number of para-hydroxylation sites is 1. The number of nitrogens with one attached hydrogen (secondary N) is 1. The van der Waals surface area contributed by atoms with E-state index in [4.69, 9.17) is 0 Å². The Morgan fingerprint density at radius 2 is 1.81 bits per heavy atom. The van der Waals surface area contributed by atoms with Crippen LogP contribution in [0.25, 0.3) is 0 Å². The highest BCUT2D eigenvalue weighted by molar-refractivity contribution is 6.14. The average molecular weight is 218 g/mol. The number of amides is 3. The second kappa shape index (κ2) is 3.96. The van der Waals surface area contributed by atoms with Crippen LogP contribution in [-0.2, 0) is 4.79 Å². The van der Waals surface area contributed by atoms with Gasteiger partial charge in [0.1, 0.15) is 6.04 Å². The van der Waals surface area contributed by atoms with Gasteiger partial charge >= 0.3 is 6.03 Å². The smallest absolute Gasteiger partial charge is 0.281 e. The van der Waals surface area contributed by atoms with Crippen molar-refractivity contribution < 1.29 is 9.59 Å². The molecule has 0 bridgehead atoms. The first-order valence-corrected chi connectivity index (χ1v) is 5.30. The molecule has 1 heterocycles. The summed E-state index contributed by atoms with van der Waals surface area (Å²) in [5.74, 6) is -0.129. The third kappa shape index (κ3) is 1.66. The minimum Gasteiger partial charge on any atom is -0.281 e. The van der Waals surface area contributed by atoms with Crippen molar-refractivity contribution in [2.45, 2.75) is 19.9 Å². The minimum atomic E-state index is -0.408. The fourth-order valence-corrected chi connectivity index (χ4v) is 1.95. The Morgan fingerprint density at radius 3 is 2.38 bits per heavy atom. The van der Waals surface area contributed by atoms with E-state index in [1.54, 1.807) is 0 Å². The molecule has 1 N–H and O–H groups in total. The van der Waals surface area contributed by atoms with Gasteiger partial charge in [0.25, 0.3) is 5.91 Å². The SMILES string of the molecule is CC(C)C1C(=O)NC(=O)N1c1ccccc1. The molecule has 3 amide bonds. The molecule has 2 rings (SSSR count). The van der Waals surface area contributed by atoms with Gasteiger partial charge in [0.15, 0.2) is 0 Å². The molecule has 0 radical (unpaired) electrons. The molecular formula is C12H14N2O2. The number of carbonyl (C=O) groups excluding carboxylic acids is 2. The molecule has 1 aromatic rings. The van der Waals surface area contributed by atoms with E-state index < -0.39 is 6.04 Å². The number of urea groups is 1. The highest BCUT2D eigenvalue weighted by Gasteiger charge is 2.40. The lowest BCUT2D eigenvalue weighted by molar-refractivity contribution is -0.120. The number of imide groups is 1. The van der Waals surface area contributed by atoms with Crippen LogP contribution in [0.2, 0.25) is 0 Å². The summed E-state index contributed by atoms with van der Waals surface area (Å²) in [6, 6.07) is 8.49. The highest BCUT2D eigenvalue weighted by atomic mass is 16.2. The van der Waals surface area contributed by atoms with Crippen molar-refractivity contribution in [1.29, 1.82) is 0 Å². The number of nitrogens with zero attached hydrogens (tertiary/aromatic N) is 1. The van der Waals surface area contributed by atoms with Crippen LogP contribution in [0, 0.1) is 5.92 Å². The highest BCUT2D eigenvalue weighted by Crippen LogP contribution is 2.24. The van der Waals surface area contributed by atoms with E-state index in [0.29, 0.717) is 0 Å². The number of anilines is 1. The lowest BCUT2D eigenvalue weighted by atomic mass is 10.0. The first-order valence-electron chi connectivity index (χ1n) is 5.30. The predicted molar refractivity (Wildman–Crippen MR) is 61.1 cm³/mol. The van der Waals surface area contributed by atoms with Crippen molar-refractivity contribution in [2.75, 3.05) is 4.90 Å². The van der Waals surface area contributed by atoms with Gasteiger partial charge in [-0.1, -0.05) is 32.0 Å². The summed E-state index contributed by atoms with van der Waals surface area (Å²) in [5.41, 5.74) is 0.754. The third-order valence-electron chi connectivity index (χ3n) is 2.66. The van der Waals surface area contributed by atoms with Crippen molar-refractivity contribution in [3.8, 4) is 0 Å². The van der Waals surface area contributed by atoms with Crippen LogP contribution >= 0.6 is 0 Å². The van der Waals surface area contributed by atoms with Crippen LogP contribution in [0.5, 0.6) is 0 Å². The fraction of sp³-hybridized carbons (Fsp3) is 0.333. The summed E-state index contributed by atoms with van der Waals surface area (Å²) in [5, 5.41) is 2.34. The zero-order chi connectivity index (χ0) is 11.7. The van der Waals surface area contributed by atoms with Crippen molar-refractivity contribution >= 4 is 17.6 Å². The number of benzene rings is 1. The molecule has 1 atom stereocenters. The topological polar surface area (TPSA) is 49.4 Å². The molecule has 1 aromatic carbocycles. The lowest BCUT2D eigenvalue weighted by Crippen LogP contribution is -2.38. The predicted octanol–water partition coefficient (Wildman–Crippen LogP) is 1.77. The number of hydrogen-bond acceptors (Lipinski definition) is 2. The van der Waals surface area contributed by atoms with E-state index in [0.717, 1.165) is 5.69 Å². The molecule has 1 unspecified atom stereocenters. The van der Waals surface area contributed by atoms with E-state index in [-0.39, 0.29) is 17.9 Å². The van der Waals surface area contributed by atoms with Crippen molar-refractivity contribution in [2.24, 2.45) is 5.92 Å². The maximum Gasteiger partial charge on any atom is 0.329 e. The molecule has 1 aliphatic rings. The van der Waals surface area contributed by atoms with E-state index in [9.17, 15) is 9.59 Å². The first kappa shape index (κ1) is 10.7. The van der Waals surface area contributed by atoms with Gasteiger partial charge in [0.2, 0.25) is 0 Å². The molecule has 1 fully saturated rings. The Hall–Kier alpha value is -1.84. The quantitative estimate of drug-likeness (QED) is 0.769. The number of carbonyl (C=O) groups is 2. The summed E-state index contributed by atoms with van der Waals surface area (Å²) < 4.78 is 0. The largest absolute Gasteiger partial charge is 0.329 e. The summed E-state index contributed by atoms with van der Waals surface area (Å²) >= 11 is 0. The van der Waals surface area contributed by atoms with Gasteiger partial charge in [-0.25, -0.2) is 4.79 Å². The van der Waals surface area contributed by atoms with Gasteiger partial charge in [0, 0.05) is 5.69 Å². The molecule has 16 heavy (non-hydrogen) atoms. The summed E-state index contributed by atoms with van der Waals surface area (Å²) in [6.45, 7) is 3.86. The fourth-order valence-electron chi connectivity index (χ4n) is 1.95. The standard InChI is InChI=1S/C12H14N2O2/c1-8(2)10-11(15)13-12(16)14(10)9-6-4-3-5-7-9/h3-8,10H,1-2H3,(H,13,15,16). The van der Waals surface area contributed by atoms with Crippen molar-refractivity contribution in [3.05, 3.63) is 30.3 Å². The Bertz CT molecular complexity index is 414. The van der Waals surface area contributed by atoms with Crippen LogP contribution in [0.15, 0.2) is 30.3 Å². The molecule has 4 nitrogen and oxygen atoms in total. The van der Waals surface area contributed by atoms with E-state index >= 15 is 0 Å². The van der Waals surface area contributed by atoms with E-state index in [2.05, 4.69) is 5.32 Å². The zero-order valence-corrected chi connectivity index (χ0v) is 9.31. The van der Waals surface area contributed by atoms with E-state index in [1.807, 2.05) is 44.2 Å². The second-order valence-corrected chi connectivity index (χ2v) is 4.19. The maximum atomic E-state index is 11.7. The summed E-state index contributed by atoms with van der Waals surface area (Å²) in [6.07, 6.45) is 0. The number of hydrogen-bond donors (Lipinski definition) is 1. The third-order valence-corrected chi connectivity index (χ3v) is 2.66. The van der Waals surface area contributed by atoms with E-state index in [1.165, 1.54) is 4.90 Å². The monoisotopic (exact) mass is 218 g/mol. The Kier molecular flexibility index (Phi) is 2.64. The Labute approximate surface area is 94.2 Å². The average Bonchev–Trinajstić information content (AvgIpc) is 2.55. The van der Waals surface area contributed by atoms with Crippen LogP contribution in [0.1, 0.15) is 13.8 Å². The van der Waals surface area contributed by atoms with Gasteiger partial charge in [-0.15, -0.1) is 0 Å². The summed E-state index contributed by atoms with van der Waals surface area (Å²) in [4.78, 5) is 24.9. The molecule has 4 heteroatoms. The van der Waals surface area contributed by atoms with Crippen LogP contribution in [0.3, 0.4) is 0 Å². The Balaban J connectivity index is 2.38. The molecule has 1 aliphatic heterocycles. The lowest BCUT2D eigenvalue weighted by Gasteiger charge is -2.24. The molecule has 84 valence electrons. The molecular weight excluding hydrogens is 204 g/mol. The van der Waals surface area contributed by atoms with Crippen molar-refractivity contribution in [3.63, 3.8) is 0 Å². The van der Waals surface area contributed by atoms with Gasteiger partial charge in [-0.05, 0) is 18.1 Å². The van der Waals surface area contributed by atoms with Gasteiger partial charge in [-0.3, -0.25) is 15.0 Å². The van der Waals surface area contributed by atoms with Crippen LogP contribution in [0.4, 0.5) is 10.5 Å². The van der Waals surface area contributed by atoms with Crippen LogP contribution < -0.4 is 10.2 Å². The normalized spacial score (nSPS) is 20.4. The minimum absolute atomic E-state index is 0.0895. The summed E-state index contributed by atoms with van der Waals surface area (Å²) in [7, 11) is 0. The van der Waals surface area contributed by atoms with Crippen LogP contribution in [-0.4, -0.2) is 18.0 Å². The van der Waals surface area contributed by atoms with Gasteiger partial charge < -0.3 is 0 Å². The second-order valence-electron chi connectivity index (χ2n) is 4.19. The molecule has 0 aliphatic carbocycles. The molecule has 0 aromatic heterocycles. The first-order chi connectivity index (χ1) is 7.61. The van der Waals surface area contributed by atoms with Gasteiger partial charge in [0.05, 0.1) is 0 Å².